The topological polar surface area (TPSA) is 57.8 Å². The Morgan fingerprint density at radius 3 is 2.83 bits per heavy atom. The highest BCUT2D eigenvalue weighted by atomic mass is 16.1. The number of benzene rings is 1. The first kappa shape index (κ1) is 12.4. The van der Waals surface area contributed by atoms with E-state index in [1.165, 1.54) is 0 Å². The minimum atomic E-state index is -0.180. The van der Waals surface area contributed by atoms with Crippen molar-refractivity contribution in [1.29, 1.82) is 0 Å². The lowest BCUT2D eigenvalue weighted by Gasteiger charge is -2.01. The number of para-hydroxylation sites is 1. The molecule has 0 saturated heterocycles. The van der Waals surface area contributed by atoms with E-state index in [0.717, 1.165) is 30.6 Å². The number of aromatic nitrogens is 2. The van der Waals surface area contributed by atoms with Gasteiger partial charge in [-0.3, -0.25) is 9.89 Å². The Kier molecular flexibility index (Phi) is 4.12. The highest BCUT2D eigenvalue weighted by molar-refractivity contribution is 6.02. The van der Waals surface area contributed by atoms with E-state index >= 15 is 0 Å². The maximum absolute atomic E-state index is 11.9. The number of carbonyl (C=O) groups excluding carboxylic acids is 1. The summed E-state index contributed by atoms with van der Waals surface area (Å²) in [6.07, 6.45) is 3.16. The zero-order valence-corrected chi connectivity index (χ0v) is 10.4. The fourth-order valence-electron chi connectivity index (χ4n) is 1.69. The number of hydrogen-bond donors (Lipinski definition) is 2. The van der Waals surface area contributed by atoms with Crippen molar-refractivity contribution in [3.8, 4) is 0 Å². The zero-order chi connectivity index (χ0) is 12.8. The molecule has 1 aromatic heterocycles. The maximum Gasteiger partial charge on any atom is 0.276 e. The van der Waals surface area contributed by atoms with E-state index < -0.39 is 0 Å². The molecule has 1 aromatic carbocycles. The van der Waals surface area contributed by atoms with Gasteiger partial charge in [-0.15, -0.1) is 0 Å². The highest BCUT2D eigenvalue weighted by Crippen LogP contribution is 2.09. The molecule has 0 spiro atoms. The molecule has 0 aliphatic rings. The lowest BCUT2D eigenvalue weighted by molar-refractivity contribution is 0.102. The summed E-state index contributed by atoms with van der Waals surface area (Å²) in [7, 11) is 0. The van der Waals surface area contributed by atoms with Crippen molar-refractivity contribution in [3.05, 3.63) is 47.8 Å². The number of hydrogen-bond acceptors (Lipinski definition) is 2. The maximum atomic E-state index is 11.9. The summed E-state index contributed by atoms with van der Waals surface area (Å²) in [6.45, 7) is 2.14. The third kappa shape index (κ3) is 3.20. The van der Waals surface area contributed by atoms with Crippen molar-refractivity contribution in [2.45, 2.75) is 26.2 Å². The van der Waals surface area contributed by atoms with E-state index in [-0.39, 0.29) is 5.91 Å². The number of H-pyrrole nitrogens is 1. The molecule has 0 saturated carbocycles. The number of nitrogens with zero attached hydrogens (tertiary/aromatic N) is 1. The summed E-state index contributed by atoms with van der Waals surface area (Å²) in [5, 5.41) is 9.73. The molecule has 0 unspecified atom stereocenters. The van der Waals surface area contributed by atoms with Gasteiger partial charge in [0.15, 0.2) is 5.69 Å². The van der Waals surface area contributed by atoms with Gasteiger partial charge in [-0.1, -0.05) is 31.5 Å². The molecule has 0 aliphatic heterocycles. The standard InChI is InChI=1S/C14H17N3O/c1-2-3-7-12-10-13(17-16-12)14(18)15-11-8-5-4-6-9-11/h4-6,8-10H,2-3,7H2,1H3,(H,15,18)(H,16,17). The SMILES string of the molecule is CCCCc1cc(C(=O)Nc2ccccc2)n[nH]1. The Labute approximate surface area is 106 Å². The van der Waals surface area contributed by atoms with Crippen molar-refractivity contribution >= 4 is 11.6 Å². The monoisotopic (exact) mass is 243 g/mol. The molecular formula is C14H17N3O. The molecule has 4 heteroatoms. The van der Waals surface area contributed by atoms with Crippen LogP contribution in [0, 0.1) is 0 Å². The molecule has 2 rings (SSSR count). The lowest BCUT2D eigenvalue weighted by Crippen LogP contribution is -2.12. The molecule has 0 atom stereocenters. The predicted molar refractivity (Wildman–Crippen MR) is 71.6 cm³/mol. The van der Waals surface area contributed by atoms with Crippen molar-refractivity contribution in [2.24, 2.45) is 0 Å². The first-order chi connectivity index (χ1) is 8.79. The fraction of sp³-hybridized carbons (Fsp3) is 0.286. The second-order valence-corrected chi connectivity index (χ2v) is 4.20. The summed E-state index contributed by atoms with van der Waals surface area (Å²) >= 11 is 0. The minimum absolute atomic E-state index is 0.180. The van der Waals surface area contributed by atoms with Gasteiger partial charge in [0.1, 0.15) is 0 Å². The van der Waals surface area contributed by atoms with Gasteiger partial charge in [0, 0.05) is 11.4 Å². The van der Waals surface area contributed by atoms with Crippen LogP contribution in [0.3, 0.4) is 0 Å². The number of aromatic amines is 1. The number of anilines is 1. The van der Waals surface area contributed by atoms with E-state index in [2.05, 4.69) is 22.4 Å². The molecule has 0 aliphatic carbocycles. The van der Waals surface area contributed by atoms with E-state index in [4.69, 9.17) is 0 Å². The van der Waals surface area contributed by atoms with Crippen LogP contribution in [-0.4, -0.2) is 16.1 Å². The van der Waals surface area contributed by atoms with Gasteiger partial charge in [-0.2, -0.15) is 5.10 Å². The molecular weight excluding hydrogens is 226 g/mol. The van der Waals surface area contributed by atoms with Crippen molar-refractivity contribution in [2.75, 3.05) is 5.32 Å². The molecule has 0 fully saturated rings. The Hall–Kier alpha value is -2.10. The van der Waals surface area contributed by atoms with Gasteiger partial charge in [-0.25, -0.2) is 0 Å². The van der Waals surface area contributed by atoms with Crippen LogP contribution in [-0.2, 0) is 6.42 Å². The van der Waals surface area contributed by atoms with Crippen LogP contribution in [0.1, 0.15) is 35.9 Å². The van der Waals surface area contributed by atoms with Crippen molar-refractivity contribution in [3.63, 3.8) is 0 Å². The smallest absolute Gasteiger partial charge is 0.276 e. The van der Waals surface area contributed by atoms with E-state index in [1.54, 1.807) is 0 Å². The van der Waals surface area contributed by atoms with Crippen LogP contribution in [0.15, 0.2) is 36.4 Å². The number of nitrogens with one attached hydrogen (secondary N) is 2. The average molecular weight is 243 g/mol. The summed E-state index contributed by atoms with van der Waals surface area (Å²) < 4.78 is 0. The highest BCUT2D eigenvalue weighted by Gasteiger charge is 2.10. The third-order valence-corrected chi connectivity index (χ3v) is 2.69. The minimum Gasteiger partial charge on any atom is -0.321 e. The summed E-state index contributed by atoms with van der Waals surface area (Å²) in [5.74, 6) is -0.180. The van der Waals surface area contributed by atoms with Crippen LogP contribution in [0.5, 0.6) is 0 Å². The second-order valence-electron chi connectivity index (χ2n) is 4.20. The number of aryl methyl sites for hydroxylation is 1. The van der Waals surface area contributed by atoms with Crippen molar-refractivity contribution < 1.29 is 4.79 Å². The number of amides is 1. The zero-order valence-electron chi connectivity index (χ0n) is 10.4. The Morgan fingerprint density at radius 1 is 1.33 bits per heavy atom. The molecule has 2 N–H and O–H groups in total. The molecule has 4 nitrogen and oxygen atoms in total. The first-order valence-electron chi connectivity index (χ1n) is 6.20. The van der Waals surface area contributed by atoms with Gasteiger partial charge in [0.2, 0.25) is 0 Å². The Morgan fingerprint density at radius 2 is 2.11 bits per heavy atom. The van der Waals surface area contributed by atoms with Crippen LogP contribution < -0.4 is 5.32 Å². The van der Waals surface area contributed by atoms with Gasteiger partial charge < -0.3 is 5.32 Å². The van der Waals surface area contributed by atoms with Crippen LogP contribution in [0.25, 0.3) is 0 Å². The molecule has 94 valence electrons. The van der Waals surface area contributed by atoms with Gasteiger partial charge >= 0.3 is 0 Å². The van der Waals surface area contributed by atoms with Gasteiger partial charge in [-0.05, 0) is 31.0 Å². The molecule has 0 bridgehead atoms. The quantitative estimate of drug-likeness (QED) is 0.848. The summed E-state index contributed by atoms with van der Waals surface area (Å²) in [6, 6.07) is 11.2. The van der Waals surface area contributed by atoms with Crippen LogP contribution >= 0.6 is 0 Å². The molecule has 1 amide bonds. The second kappa shape index (κ2) is 6.00. The van der Waals surface area contributed by atoms with Gasteiger partial charge in [0.25, 0.3) is 5.91 Å². The predicted octanol–water partition coefficient (Wildman–Crippen LogP) is 3.00. The fourth-order valence-corrected chi connectivity index (χ4v) is 1.69. The van der Waals surface area contributed by atoms with Gasteiger partial charge in [0.05, 0.1) is 0 Å². The van der Waals surface area contributed by atoms with Crippen LogP contribution in [0.4, 0.5) is 5.69 Å². The largest absolute Gasteiger partial charge is 0.321 e. The summed E-state index contributed by atoms with van der Waals surface area (Å²) in [5.41, 5.74) is 2.22. The Balaban J connectivity index is 1.99. The molecule has 18 heavy (non-hydrogen) atoms. The lowest BCUT2D eigenvalue weighted by atomic mass is 10.2. The number of unbranched alkanes of at least 4 members (excludes halogenated alkanes) is 1. The normalized spacial score (nSPS) is 10.3. The Bertz CT molecular complexity index is 505. The molecule has 1 heterocycles. The first-order valence-corrected chi connectivity index (χ1v) is 6.20. The van der Waals surface area contributed by atoms with Crippen molar-refractivity contribution in [1.82, 2.24) is 10.2 Å². The third-order valence-electron chi connectivity index (χ3n) is 2.69. The summed E-state index contributed by atoms with van der Waals surface area (Å²) in [4.78, 5) is 11.9. The number of rotatable bonds is 5. The average Bonchev–Trinajstić information content (AvgIpc) is 2.86. The molecule has 2 aromatic rings. The number of carbonyl (C=O) groups is 1. The van der Waals surface area contributed by atoms with E-state index in [0.29, 0.717) is 5.69 Å². The van der Waals surface area contributed by atoms with Crippen LogP contribution in [0.2, 0.25) is 0 Å². The van der Waals surface area contributed by atoms with E-state index in [9.17, 15) is 4.79 Å². The van der Waals surface area contributed by atoms with E-state index in [1.807, 2.05) is 36.4 Å². The molecule has 0 radical (unpaired) electrons.